The molecule has 0 unspecified atom stereocenters. The van der Waals surface area contributed by atoms with Crippen LogP contribution in [-0.4, -0.2) is 19.9 Å². The van der Waals surface area contributed by atoms with Gasteiger partial charge in [0.2, 0.25) is 0 Å². The number of H-pyrrole nitrogens is 1. The quantitative estimate of drug-likeness (QED) is 0.422. The average molecular weight is 184 g/mol. The maximum Gasteiger partial charge on any atom is 0.186 e. The fourth-order valence-corrected chi connectivity index (χ4v) is 1.15. The molecule has 0 bridgehead atoms. The molecule has 2 rings (SSSR count). The number of hydrogen-bond donors (Lipinski definition) is 3. The van der Waals surface area contributed by atoms with Gasteiger partial charge in [-0.25, -0.2) is 15.0 Å². The molecule has 4 nitrogen and oxygen atoms in total. The molecule has 6 heteroatoms. The molecular weight excluding hydrogens is 180 g/mol. The van der Waals surface area contributed by atoms with Crippen LogP contribution in [0.1, 0.15) is 0 Å². The summed E-state index contributed by atoms with van der Waals surface area (Å²) in [5.74, 6) is 0. The fraction of sp³-hybridized carbons (Fsp3) is 0. The standard InChI is InChI=1S/C5H4N4S2/c10-4-6-1-2-3(8-4)9-5(11)7-2/h1H,(H3,6,7,8,9,10,11). The van der Waals surface area contributed by atoms with Gasteiger partial charge in [0.15, 0.2) is 16.0 Å². The Morgan fingerprint density at radius 3 is 2.91 bits per heavy atom. The van der Waals surface area contributed by atoms with E-state index in [2.05, 4.69) is 45.2 Å². The van der Waals surface area contributed by atoms with Crippen LogP contribution < -0.4 is 0 Å². The lowest BCUT2D eigenvalue weighted by Gasteiger charge is -1.86. The second-order valence-electron chi connectivity index (χ2n) is 1.97. The lowest BCUT2D eigenvalue weighted by atomic mass is 10.6. The summed E-state index contributed by atoms with van der Waals surface area (Å²) in [7, 11) is 0. The van der Waals surface area contributed by atoms with E-state index in [4.69, 9.17) is 0 Å². The smallest absolute Gasteiger partial charge is 0.186 e. The highest BCUT2D eigenvalue weighted by Gasteiger charge is 2.00. The summed E-state index contributed by atoms with van der Waals surface area (Å²) in [6.07, 6.45) is 1.62. The van der Waals surface area contributed by atoms with E-state index >= 15 is 0 Å². The molecule has 2 heterocycles. The van der Waals surface area contributed by atoms with Crippen molar-refractivity contribution < 1.29 is 0 Å². The minimum atomic E-state index is 0.414. The molecule has 1 N–H and O–H groups in total. The van der Waals surface area contributed by atoms with Crippen LogP contribution in [0.25, 0.3) is 11.2 Å². The summed E-state index contributed by atoms with van der Waals surface area (Å²) in [5, 5.41) is 0.950. The topological polar surface area (TPSA) is 54.5 Å². The fourth-order valence-electron chi connectivity index (χ4n) is 0.786. The van der Waals surface area contributed by atoms with Crippen LogP contribution in [0.2, 0.25) is 0 Å². The van der Waals surface area contributed by atoms with Gasteiger partial charge in [-0.1, -0.05) is 0 Å². The summed E-state index contributed by atoms with van der Waals surface area (Å²) < 4.78 is 0. The zero-order valence-electron chi connectivity index (χ0n) is 5.31. The molecule has 0 radical (unpaired) electrons. The van der Waals surface area contributed by atoms with Gasteiger partial charge < -0.3 is 4.98 Å². The second-order valence-corrected chi connectivity index (χ2v) is 2.79. The van der Waals surface area contributed by atoms with E-state index in [-0.39, 0.29) is 0 Å². The molecule has 0 amide bonds. The van der Waals surface area contributed by atoms with Crippen molar-refractivity contribution in [3.63, 3.8) is 0 Å². The molecule has 11 heavy (non-hydrogen) atoms. The monoisotopic (exact) mass is 184 g/mol. The number of imidazole rings is 1. The van der Waals surface area contributed by atoms with E-state index < -0.39 is 0 Å². The summed E-state index contributed by atoms with van der Waals surface area (Å²) >= 11 is 7.99. The average Bonchev–Trinajstić information content (AvgIpc) is 2.27. The lowest BCUT2D eigenvalue weighted by Crippen LogP contribution is -1.82. The largest absolute Gasteiger partial charge is 0.330 e. The van der Waals surface area contributed by atoms with Gasteiger partial charge >= 0.3 is 0 Å². The van der Waals surface area contributed by atoms with Crippen LogP contribution in [0.3, 0.4) is 0 Å². The molecule has 0 saturated carbocycles. The van der Waals surface area contributed by atoms with Crippen molar-refractivity contribution in [3.05, 3.63) is 6.20 Å². The van der Waals surface area contributed by atoms with Gasteiger partial charge in [-0.15, -0.1) is 25.3 Å². The maximum absolute atomic E-state index is 4.02. The minimum absolute atomic E-state index is 0.414. The van der Waals surface area contributed by atoms with Gasteiger partial charge in [-0.2, -0.15) is 0 Å². The van der Waals surface area contributed by atoms with Crippen molar-refractivity contribution in [2.45, 2.75) is 10.3 Å². The van der Waals surface area contributed by atoms with E-state index in [1.165, 1.54) is 0 Å². The third-order valence-electron chi connectivity index (χ3n) is 1.21. The van der Waals surface area contributed by atoms with Crippen LogP contribution >= 0.6 is 25.3 Å². The number of nitrogens with zero attached hydrogens (tertiary/aromatic N) is 3. The number of thiol groups is 2. The molecule has 0 aliphatic heterocycles. The molecule has 0 aromatic carbocycles. The molecule has 2 aromatic rings. The second kappa shape index (κ2) is 2.38. The predicted octanol–water partition coefficient (Wildman–Crippen LogP) is 0.930. The van der Waals surface area contributed by atoms with Gasteiger partial charge in [0, 0.05) is 0 Å². The number of nitrogens with one attached hydrogen (secondary N) is 1. The molecule has 0 aliphatic rings. The maximum atomic E-state index is 4.02. The van der Waals surface area contributed by atoms with Crippen LogP contribution in [0.4, 0.5) is 0 Å². The Labute approximate surface area is 73.3 Å². The Morgan fingerprint density at radius 1 is 1.27 bits per heavy atom. The lowest BCUT2D eigenvalue weighted by molar-refractivity contribution is 0.997. The van der Waals surface area contributed by atoms with Gasteiger partial charge in [0.05, 0.1) is 6.20 Å². The molecule has 0 spiro atoms. The van der Waals surface area contributed by atoms with Crippen molar-refractivity contribution in [1.29, 1.82) is 0 Å². The normalized spacial score (nSPS) is 10.7. The molecule has 0 atom stereocenters. The molecule has 0 saturated heterocycles. The van der Waals surface area contributed by atoms with E-state index in [1.54, 1.807) is 6.20 Å². The first-order chi connectivity index (χ1) is 5.25. The highest BCUT2D eigenvalue weighted by molar-refractivity contribution is 7.80. The Hall–Kier alpha value is -0.750. The van der Waals surface area contributed by atoms with Crippen molar-refractivity contribution in [2.75, 3.05) is 0 Å². The van der Waals surface area contributed by atoms with Gasteiger partial charge in [-0.05, 0) is 0 Å². The third kappa shape index (κ3) is 1.19. The summed E-state index contributed by atoms with van der Waals surface area (Å²) in [4.78, 5) is 14.7. The van der Waals surface area contributed by atoms with Gasteiger partial charge in [0.1, 0.15) is 5.52 Å². The summed E-state index contributed by atoms with van der Waals surface area (Å²) in [6.45, 7) is 0. The summed E-state index contributed by atoms with van der Waals surface area (Å²) in [5.41, 5.74) is 1.36. The molecule has 0 fully saturated rings. The number of aromatic amines is 1. The Kier molecular flexibility index (Phi) is 1.50. The summed E-state index contributed by atoms with van der Waals surface area (Å²) in [6, 6.07) is 0. The molecule has 0 aliphatic carbocycles. The van der Waals surface area contributed by atoms with Gasteiger partial charge in [-0.3, -0.25) is 0 Å². The Bertz CT molecular complexity index is 396. The van der Waals surface area contributed by atoms with Gasteiger partial charge in [0.25, 0.3) is 0 Å². The highest BCUT2D eigenvalue weighted by Crippen LogP contribution is 2.10. The Morgan fingerprint density at radius 2 is 2.09 bits per heavy atom. The van der Waals surface area contributed by atoms with E-state index in [9.17, 15) is 0 Å². The number of aromatic nitrogens is 4. The molecule has 56 valence electrons. The van der Waals surface area contributed by atoms with Crippen molar-refractivity contribution in [3.8, 4) is 0 Å². The van der Waals surface area contributed by atoms with Crippen LogP contribution in [-0.2, 0) is 0 Å². The number of rotatable bonds is 0. The Balaban J connectivity index is 2.82. The van der Waals surface area contributed by atoms with E-state index in [0.717, 1.165) is 5.52 Å². The SMILES string of the molecule is Sc1ncc2[nH]c(S)nc2n1. The molecular formula is C5H4N4S2. The first-order valence-corrected chi connectivity index (χ1v) is 3.76. The zero-order valence-corrected chi connectivity index (χ0v) is 7.10. The first-order valence-electron chi connectivity index (χ1n) is 2.86. The predicted molar refractivity (Wildman–Crippen MR) is 46.2 cm³/mol. The third-order valence-corrected chi connectivity index (χ3v) is 1.64. The minimum Gasteiger partial charge on any atom is -0.330 e. The number of fused-ring (bicyclic) bond motifs is 1. The molecule has 2 aromatic heterocycles. The highest BCUT2D eigenvalue weighted by atomic mass is 32.1. The van der Waals surface area contributed by atoms with Crippen LogP contribution in [0, 0.1) is 0 Å². The van der Waals surface area contributed by atoms with Crippen LogP contribution in [0.15, 0.2) is 16.5 Å². The first kappa shape index (κ1) is 6.93. The van der Waals surface area contributed by atoms with Crippen molar-refractivity contribution in [2.24, 2.45) is 0 Å². The zero-order chi connectivity index (χ0) is 7.84. The van der Waals surface area contributed by atoms with Crippen LogP contribution in [0.5, 0.6) is 0 Å². The van der Waals surface area contributed by atoms with E-state index in [1.807, 2.05) is 0 Å². The van der Waals surface area contributed by atoms with Crippen molar-refractivity contribution in [1.82, 2.24) is 19.9 Å². The number of hydrogen-bond acceptors (Lipinski definition) is 5. The van der Waals surface area contributed by atoms with E-state index in [0.29, 0.717) is 16.0 Å². The van der Waals surface area contributed by atoms with Crippen molar-refractivity contribution >= 4 is 36.4 Å².